The molecular weight excluding hydrogens is 506 g/mol. The van der Waals surface area contributed by atoms with Gasteiger partial charge in [0.25, 0.3) is 5.89 Å². The van der Waals surface area contributed by atoms with Crippen LogP contribution in [0, 0.1) is 5.92 Å². The van der Waals surface area contributed by atoms with Gasteiger partial charge in [0.15, 0.2) is 6.61 Å². The Morgan fingerprint density at radius 1 is 0.925 bits per heavy atom. The smallest absolute Gasteiger partial charge is 0.306 e. The Morgan fingerprint density at radius 2 is 1.65 bits per heavy atom. The Hall–Kier alpha value is -4.46. The molecule has 3 aromatic carbocycles. The molecule has 1 atom stereocenters. The number of carboxylic acid groups (broad SMARTS) is 1. The molecule has 4 rings (SSSR count). The molecule has 0 bridgehead atoms. The summed E-state index contributed by atoms with van der Waals surface area (Å²) in [6.07, 6.45) is 4.91. The van der Waals surface area contributed by atoms with Crippen LogP contribution in [0.1, 0.15) is 62.4 Å². The molecule has 1 heterocycles. The topological polar surface area (TPSA) is 107 Å². The van der Waals surface area contributed by atoms with Gasteiger partial charge in [0.2, 0.25) is 5.82 Å². The van der Waals surface area contributed by atoms with E-state index in [-0.39, 0.29) is 12.5 Å². The third-order valence-corrected chi connectivity index (χ3v) is 6.60. The second-order valence-corrected chi connectivity index (χ2v) is 9.53. The number of oxime groups is 1. The van der Waals surface area contributed by atoms with Crippen LogP contribution >= 0.6 is 0 Å². The summed E-state index contributed by atoms with van der Waals surface area (Å²) in [7, 11) is 0. The second-order valence-electron chi connectivity index (χ2n) is 9.53. The fourth-order valence-electron chi connectivity index (χ4n) is 4.26. The minimum absolute atomic E-state index is 0.201. The number of carbonyl (C=O) groups is 1. The second kappa shape index (κ2) is 15.2. The van der Waals surface area contributed by atoms with Gasteiger partial charge in [-0.3, -0.25) is 4.79 Å². The van der Waals surface area contributed by atoms with Crippen molar-refractivity contribution in [2.45, 2.75) is 58.7 Å². The van der Waals surface area contributed by atoms with E-state index in [1.807, 2.05) is 91.9 Å². The first-order chi connectivity index (χ1) is 19.6. The van der Waals surface area contributed by atoms with Crippen molar-refractivity contribution in [3.05, 3.63) is 102 Å². The normalized spacial score (nSPS) is 12.2. The molecule has 0 amide bonds. The van der Waals surface area contributed by atoms with E-state index in [0.717, 1.165) is 48.1 Å². The summed E-state index contributed by atoms with van der Waals surface area (Å²) in [5.74, 6) is 0.670. The van der Waals surface area contributed by atoms with Crippen molar-refractivity contribution in [2.24, 2.45) is 11.1 Å². The van der Waals surface area contributed by atoms with E-state index >= 15 is 0 Å². The number of carboxylic acids is 1. The molecule has 8 nitrogen and oxygen atoms in total. The highest BCUT2D eigenvalue weighted by Gasteiger charge is 2.14. The zero-order valence-corrected chi connectivity index (χ0v) is 22.7. The molecule has 0 saturated heterocycles. The zero-order valence-electron chi connectivity index (χ0n) is 22.7. The summed E-state index contributed by atoms with van der Waals surface area (Å²) in [5.41, 5.74) is 3.75. The number of benzene rings is 3. The van der Waals surface area contributed by atoms with E-state index in [2.05, 4.69) is 15.3 Å². The van der Waals surface area contributed by atoms with Crippen molar-refractivity contribution < 1.29 is 24.0 Å². The summed E-state index contributed by atoms with van der Waals surface area (Å²) in [6, 6.07) is 27.2. The molecule has 0 saturated carbocycles. The first kappa shape index (κ1) is 28.5. The van der Waals surface area contributed by atoms with Crippen molar-refractivity contribution in [3.63, 3.8) is 0 Å². The molecule has 40 heavy (non-hydrogen) atoms. The predicted molar refractivity (Wildman–Crippen MR) is 153 cm³/mol. The van der Waals surface area contributed by atoms with Gasteiger partial charge in [-0.15, -0.1) is 0 Å². The van der Waals surface area contributed by atoms with Crippen LogP contribution in [0.3, 0.4) is 0 Å². The van der Waals surface area contributed by atoms with Crippen molar-refractivity contribution >= 4 is 11.7 Å². The number of aliphatic carboxylic acids is 1. The van der Waals surface area contributed by atoms with Crippen LogP contribution < -0.4 is 4.74 Å². The number of hydrogen-bond acceptors (Lipinski definition) is 7. The van der Waals surface area contributed by atoms with E-state index in [1.54, 1.807) is 0 Å². The molecular formula is C32H35N3O5. The van der Waals surface area contributed by atoms with E-state index in [0.29, 0.717) is 36.9 Å². The van der Waals surface area contributed by atoms with Gasteiger partial charge >= 0.3 is 5.97 Å². The monoisotopic (exact) mass is 541 g/mol. The number of hydrogen-bond donors (Lipinski definition) is 1. The van der Waals surface area contributed by atoms with E-state index in [9.17, 15) is 9.90 Å². The minimum atomic E-state index is -0.702. The Kier molecular flexibility index (Phi) is 10.9. The van der Waals surface area contributed by atoms with Crippen LogP contribution in [0.5, 0.6) is 5.75 Å². The molecule has 1 unspecified atom stereocenters. The summed E-state index contributed by atoms with van der Waals surface area (Å²) in [4.78, 5) is 21.3. The molecule has 0 aliphatic rings. The lowest BCUT2D eigenvalue weighted by molar-refractivity contribution is -0.142. The van der Waals surface area contributed by atoms with Crippen molar-refractivity contribution in [3.8, 4) is 17.2 Å². The SMILES string of the molecule is CCC(CCCCCC(=NOCc1ccc(OCc2noc(-c3ccccc3)n2)cc1)c1ccccc1)C(=O)O. The van der Waals surface area contributed by atoms with E-state index in [4.69, 9.17) is 14.1 Å². The van der Waals surface area contributed by atoms with Gasteiger partial charge in [0.1, 0.15) is 12.4 Å². The Balaban J connectivity index is 1.25. The fraction of sp³-hybridized carbons (Fsp3) is 0.312. The molecule has 208 valence electrons. The molecule has 1 aromatic heterocycles. The summed E-state index contributed by atoms with van der Waals surface area (Å²) in [5, 5.41) is 17.7. The first-order valence-corrected chi connectivity index (χ1v) is 13.7. The van der Waals surface area contributed by atoms with E-state index < -0.39 is 5.97 Å². The van der Waals surface area contributed by atoms with E-state index in [1.165, 1.54) is 0 Å². The summed E-state index contributed by atoms with van der Waals surface area (Å²) >= 11 is 0. The highest BCUT2D eigenvalue weighted by molar-refractivity contribution is 6.00. The molecule has 4 aromatic rings. The Bertz CT molecular complexity index is 1340. The number of ether oxygens (including phenoxy) is 1. The molecule has 0 aliphatic heterocycles. The lowest BCUT2D eigenvalue weighted by Gasteiger charge is -2.10. The van der Waals surface area contributed by atoms with Crippen LogP contribution in [-0.2, 0) is 22.8 Å². The van der Waals surface area contributed by atoms with Gasteiger partial charge in [0.05, 0.1) is 11.6 Å². The third-order valence-electron chi connectivity index (χ3n) is 6.60. The van der Waals surface area contributed by atoms with Gasteiger partial charge in [-0.05, 0) is 61.1 Å². The van der Waals surface area contributed by atoms with Crippen molar-refractivity contribution in [2.75, 3.05) is 0 Å². The molecule has 8 heteroatoms. The van der Waals surface area contributed by atoms with Crippen LogP contribution in [0.2, 0.25) is 0 Å². The third kappa shape index (κ3) is 8.80. The predicted octanol–water partition coefficient (Wildman–Crippen LogP) is 7.30. The van der Waals surface area contributed by atoms with Gasteiger partial charge in [-0.2, -0.15) is 4.98 Å². The average Bonchev–Trinajstić information content (AvgIpc) is 3.47. The lowest BCUT2D eigenvalue weighted by atomic mass is 9.97. The Labute approximate surface area is 234 Å². The largest absolute Gasteiger partial charge is 0.485 e. The number of nitrogens with zero attached hydrogens (tertiary/aromatic N) is 3. The maximum Gasteiger partial charge on any atom is 0.306 e. The Morgan fingerprint density at radius 3 is 2.35 bits per heavy atom. The summed E-state index contributed by atoms with van der Waals surface area (Å²) in [6.45, 7) is 2.46. The number of aromatic nitrogens is 2. The molecule has 0 fully saturated rings. The quantitative estimate of drug-likeness (QED) is 0.0901. The van der Waals surface area contributed by atoms with Gasteiger partial charge in [-0.25, -0.2) is 0 Å². The molecule has 0 aliphatic carbocycles. The highest BCUT2D eigenvalue weighted by atomic mass is 16.6. The van der Waals surface area contributed by atoms with Crippen molar-refractivity contribution in [1.29, 1.82) is 0 Å². The molecule has 0 spiro atoms. The fourth-order valence-corrected chi connectivity index (χ4v) is 4.26. The maximum absolute atomic E-state index is 11.2. The van der Waals surface area contributed by atoms with Gasteiger partial charge < -0.3 is 19.2 Å². The molecule has 0 radical (unpaired) electrons. The number of unbranched alkanes of at least 4 members (excludes halogenated alkanes) is 2. The summed E-state index contributed by atoms with van der Waals surface area (Å²) < 4.78 is 11.1. The minimum Gasteiger partial charge on any atom is -0.485 e. The molecule has 1 N–H and O–H groups in total. The standard InChI is InChI=1S/C32H35N3O5/c1-2-25(32(36)37)12-6-5-11-17-29(26-13-7-3-8-14-26)34-39-22-24-18-20-28(21-19-24)38-23-30-33-31(40-35-30)27-15-9-4-10-16-27/h3-4,7-10,13-16,18-21,25H,2,5-6,11-12,17,22-23H2,1H3,(H,36,37). The lowest BCUT2D eigenvalue weighted by Crippen LogP contribution is -2.12. The zero-order chi connectivity index (χ0) is 28.0. The first-order valence-electron chi connectivity index (χ1n) is 13.7. The van der Waals surface area contributed by atoms with Crippen molar-refractivity contribution in [1.82, 2.24) is 10.1 Å². The van der Waals surface area contributed by atoms with Crippen LogP contribution in [0.15, 0.2) is 94.6 Å². The van der Waals surface area contributed by atoms with Crippen LogP contribution in [0.4, 0.5) is 0 Å². The maximum atomic E-state index is 11.2. The average molecular weight is 542 g/mol. The van der Waals surface area contributed by atoms with Crippen LogP contribution in [-0.4, -0.2) is 26.9 Å². The van der Waals surface area contributed by atoms with Gasteiger partial charge in [0, 0.05) is 5.56 Å². The van der Waals surface area contributed by atoms with Crippen LogP contribution in [0.25, 0.3) is 11.5 Å². The number of rotatable bonds is 16. The van der Waals surface area contributed by atoms with Gasteiger partial charge in [-0.1, -0.05) is 90.7 Å². The highest BCUT2D eigenvalue weighted by Crippen LogP contribution is 2.19.